The number of rotatable bonds is 6. The largest absolute Gasteiger partial charge is 0.416 e. The van der Waals surface area contributed by atoms with Crippen LogP contribution in [0.4, 0.5) is 18.9 Å². The zero-order valence-electron chi connectivity index (χ0n) is 14.4. The van der Waals surface area contributed by atoms with E-state index < -0.39 is 22.8 Å². The maximum atomic E-state index is 12.8. The average Bonchev–Trinajstić information content (AvgIpc) is 2.59. The number of nitrogens with zero attached hydrogens (tertiary/aromatic N) is 2. The van der Waals surface area contributed by atoms with Crippen LogP contribution in [0.1, 0.15) is 22.8 Å². The van der Waals surface area contributed by atoms with Gasteiger partial charge in [0.15, 0.2) is 0 Å². The molecule has 1 atom stereocenters. The summed E-state index contributed by atoms with van der Waals surface area (Å²) in [5, 5.41) is 21.1. The first-order valence-corrected chi connectivity index (χ1v) is 8.53. The molecule has 0 aromatic heterocycles. The summed E-state index contributed by atoms with van der Waals surface area (Å²) in [6, 6.07) is 11.2. The first-order chi connectivity index (χ1) is 12.7. The third-order valence-electron chi connectivity index (χ3n) is 4.71. The zero-order chi connectivity index (χ0) is 19.6. The van der Waals surface area contributed by atoms with Gasteiger partial charge in [-0.2, -0.15) is 13.2 Å². The third-order valence-corrected chi connectivity index (χ3v) is 4.71. The van der Waals surface area contributed by atoms with Crippen molar-refractivity contribution < 1.29 is 23.2 Å². The Labute approximate surface area is 154 Å². The minimum Gasteiger partial charge on any atom is -0.387 e. The van der Waals surface area contributed by atoms with Crippen molar-refractivity contribution in [1.82, 2.24) is 4.90 Å². The molecule has 144 valence electrons. The normalized spacial score (nSPS) is 16.7. The summed E-state index contributed by atoms with van der Waals surface area (Å²) in [6.45, 7) is 1.67. The third kappa shape index (κ3) is 4.84. The van der Waals surface area contributed by atoms with E-state index in [1.165, 1.54) is 30.3 Å². The van der Waals surface area contributed by atoms with E-state index in [2.05, 4.69) is 0 Å². The minimum absolute atomic E-state index is 0.0717. The van der Waals surface area contributed by atoms with E-state index in [0.717, 1.165) is 6.07 Å². The van der Waals surface area contributed by atoms with Crippen LogP contribution in [0, 0.1) is 16.0 Å². The maximum Gasteiger partial charge on any atom is 0.416 e. The van der Waals surface area contributed by atoms with Crippen LogP contribution >= 0.6 is 0 Å². The number of aliphatic hydroxyl groups is 1. The van der Waals surface area contributed by atoms with Gasteiger partial charge >= 0.3 is 6.18 Å². The molecule has 1 N–H and O–H groups in total. The Morgan fingerprint density at radius 2 is 1.89 bits per heavy atom. The van der Waals surface area contributed by atoms with E-state index in [1.54, 1.807) is 12.1 Å². The predicted octanol–water partition coefficient (Wildman–Crippen LogP) is 3.82. The molecule has 0 aliphatic carbocycles. The van der Waals surface area contributed by atoms with Crippen molar-refractivity contribution >= 4 is 5.69 Å². The van der Waals surface area contributed by atoms with Crippen LogP contribution in [0.2, 0.25) is 0 Å². The summed E-state index contributed by atoms with van der Waals surface area (Å²) in [5.41, 5.74) is 0.411. The Morgan fingerprint density at radius 1 is 1.19 bits per heavy atom. The van der Waals surface area contributed by atoms with Gasteiger partial charge in [0.05, 0.1) is 16.6 Å². The van der Waals surface area contributed by atoms with Gasteiger partial charge in [-0.05, 0) is 29.5 Å². The highest BCUT2D eigenvalue weighted by atomic mass is 19.4. The number of β-amino-alcohol motifs (C(OH)–C–C–N with tert-alkyl or cyclic N) is 1. The molecule has 27 heavy (non-hydrogen) atoms. The van der Waals surface area contributed by atoms with E-state index in [4.69, 9.17) is 0 Å². The lowest BCUT2D eigenvalue weighted by Crippen LogP contribution is -2.49. The molecule has 1 aliphatic heterocycles. The predicted molar refractivity (Wildman–Crippen MR) is 93.1 cm³/mol. The van der Waals surface area contributed by atoms with Gasteiger partial charge in [-0.25, -0.2) is 0 Å². The highest BCUT2D eigenvalue weighted by Gasteiger charge is 2.32. The number of halogens is 3. The van der Waals surface area contributed by atoms with Crippen LogP contribution in [-0.2, 0) is 12.6 Å². The zero-order valence-corrected chi connectivity index (χ0v) is 14.4. The molecule has 0 saturated carbocycles. The first-order valence-electron chi connectivity index (χ1n) is 8.53. The molecule has 0 amide bonds. The van der Waals surface area contributed by atoms with Gasteiger partial charge in [0.2, 0.25) is 0 Å². The molecule has 1 saturated heterocycles. The minimum atomic E-state index is -4.34. The summed E-state index contributed by atoms with van der Waals surface area (Å²) < 4.78 is 38.3. The molecule has 5 nitrogen and oxygen atoms in total. The van der Waals surface area contributed by atoms with Crippen molar-refractivity contribution in [2.45, 2.75) is 18.7 Å². The molecule has 0 radical (unpaired) electrons. The molecular weight excluding hydrogens is 361 g/mol. The number of nitro groups is 1. The standard InChI is InChI=1S/C19H19F3N2O3/c20-19(21,22)16-5-1-3-13(8-16)7-14-10-23(11-14)12-18(25)15-4-2-6-17(9-15)24(26)27/h1-6,8-9,14,18,25H,7,10-12H2. The highest BCUT2D eigenvalue weighted by molar-refractivity contribution is 5.35. The summed E-state index contributed by atoms with van der Waals surface area (Å²) in [7, 11) is 0. The van der Waals surface area contributed by atoms with Crippen LogP contribution in [-0.4, -0.2) is 34.6 Å². The molecular formula is C19H19F3N2O3. The molecule has 1 fully saturated rings. The molecule has 8 heteroatoms. The van der Waals surface area contributed by atoms with Crippen molar-refractivity contribution in [3.05, 3.63) is 75.3 Å². The molecule has 3 rings (SSSR count). The number of aliphatic hydroxyl groups excluding tert-OH is 1. The number of non-ortho nitro benzene ring substituents is 1. The number of nitro benzene ring substituents is 1. The molecule has 1 unspecified atom stereocenters. The SMILES string of the molecule is O=[N+]([O-])c1cccc(C(O)CN2CC(Cc3cccc(C(F)(F)F)c3)C2)c1. The lowest BCUT2D eigenvalue weighted by Gasteiger charge is -2.40. The van der Waals surface area contributed by atoms with Gasteiger partial charge in [-0.15, -0.1) is 0 Å². The smallest absolute Gasteiger partial charge is 0.387 e. The van der Waals surface area contributed by atoms with Gasteiger partial charge in [0.25, 0.3) is 5.69 Å². The van der Waals surface area contributed by atoms with Crippen molar-refractivity contribution in [3.63, 3.8) is 0 Å². The number of benzene rings is 2. The number of hydrogen-bond donors (Lipinski definition) is 1. The molecule has 2 aromatic carbocycles. The van der Waals surface area contributed by atoms with Gasteiger partial charge in [-0.1, -0.05) is 30.3 Å². The van der Waals surface area contributed by atoms with E-state index in [0.29, 0.717) is 37.2 Å². The fourth-order valence-electron chi connectivity index (χ4n) is 3.36. The molecule has 1 heterocycles. The summed E-state index contributed by atoms with van der Waals surface area (Å²) in [4.78, 5) is 12.3. The monoisotopic (exact) mass is 380 g/mol. The molecule has 0 spiro atoms. The maximum absolute atomic E-state index is 12.8. The lowest BCUT2D eigenvalue weighted by molar-refractivity contribution is -0.385. The quantitative estimate of drug-likeness (QED) is 0.611. The van der Waals surface area contributed by atoms with E-state index in [9.17, 15) is 28.4 Å². The first kappa shape index (κ1) is 19.3. The second-order valence-corrected chi connectivity index (χ2v) is 6.85. The van der Waals surface area contributed by atoms with Crippen LogP contribution in [0.25, 0.3) is 0 Å². The summed E-state index contributed by atoms with van der Waals surface area (Å²) in [5.74, 6) is 0.228. The van der Waals surface area contributed by atoms with Gasteiger partial charge in [-0.3, -0.25) is 15.0 Å². The van der Waals surface area contributed by atoms with Gasteiger partial charge in [0.1, 0.15) is 0 Å². The van der Waals surface area contributed by atoms with E-state index in [-0.39, 0.29) is 11.6 Å². The highest BCUT2D eigenvalue weighted by Crippen LogP contribution is 2.31. The van der Waals surface area contributed by atoms with Crippen molar-refractivity contribution in [3.8, 4) is 0 Å². The van der Waals surface area contributed by atoms with Crippen LogP contribution in [0.5, 0.6) is 0 Å². The number of hydrogen-bond acceptors (Lipinski definition) is 4. The molecule has 2 aromatic rings. The average molecular weight is 380 g/mol. The van der Waals surface area contributed by atoms with Crippen molar-refractivity contribution in [2.75, 3.05) is 19.6 Å². The number of likely N-dealkylation sites (tertiary alicyclic amines) is 1. The Hall–Kier alpha value is -2.45. The lowest BCUT2D eigenvalue weighted by atomic mass is 9.91. The Bertz CT molecular complexity index is 820. The second-order valence-electron chi connectivity index (χ2n) is 6.85. The van der Waals surface area contributed by atoms with E-state index >= 15 is 0 Å². The summed E-state index contributed by atoms with van der Waals surface area (Å²) >= 11 is 0. The van der Waals surface area contributed by atoms with Crippen molar-refractivity contribution in [1.29, 1.82) is 0 Å². The van der Waals surface area contributed by atoms with Crippen LogP contribution in [0.15, 0.2) is 48.5 Å². The summed E-state index contributed by atoms with van der Waals surface area (Å²) in [6.07, 6.45) is -4.64. The van der Waals surface area contributed by atoms with Crippen LogP contribution < -0.4 is 0 Å². The second kappa shape index (κ2) is 7.66. The van der Waals surface area contributed by atoms with E-state index in [1.807, 2.05) is 4.90 Å². The molecule has 0 bridgehead atoms. The Morgan fingerprint density at radius 3 is 2.56 bits per heavy atom. The fraction of sp³-hybridized carbons (Fsp3) is 0.368. The van der Waals surface area contributed by atoms with Gasteiger partial charge < -0.3 is 5.11 Å². The Balaban J connectivity index is 1.51. The Kier molecular flexibility index (Phi) is 5.48. The fourth-order valence-corrected chi connectivity index (χ4v) is 3.36. The number of alkyl halides is 3. The molecule has 1 aliphatic rings. The van der Waals surface area contributed by atoms with Gasteiger partial charge in [0, 0.05) is 31.8 Å². The topological polar surface area (TPSA) is 66.6 Å². The van der Waals surface area contributed by atoms with Crippen molar-refractivity contribution in [2.24, 2.45) is 5.92 Å². The van der Waals surface area contributed by atoms with Crippen LogP contribution in [0.3, 0.4) is 0 Å².